The molecule has 3 aromatic rings. The number of fused-ring (bicyclic) bond motifs is 1. The molecule has 0 spiro atoms. The monoisotopic (exact) mass is 345 g/mol. The Labute approximate surface area is 143 Å². The van der Waals surface area contributed by atoms with Gasteiger partial charge in [-0.1, -0.05) is 5.10 Å². The Balaban J connectivity index is 1.90. The van der Waals surface area contributed by atoms with Gasteiger partial charge in [-0.05, 0) is 32.0 Å². The highest BCUT2D eigenvalue weighted by atomic mass is 16.5. The summed E-state index contributed by atoms with van der Waals surface area (Å²) in [6, 6.07) is 5.61. The molecule has 2 aromatic heterocycles. The van der Waals surface area contributed by atoms with Gasteiger partial charge in [0.05, 0.1) is 12.2 Å². The fourth-order valence-corrected chi connectivity index (χ4v) is 2.62. The number of esters is 1. The summed E-state index contributed by atoms with van der Waals surface area (Å²) in [6.07, 6.45) is 0. The van der Waals surface area contributed by atoms with Crippen molar-refractivity contribution in [1.82, 2.24) is 14.8 Å². The molecule has 0 fully saturated rings. The smallest absolute Gasteiger partial charge is 0.340 e. The van der Waals surface area contributed by atoms with E-state index in [-0.39, 0.29) is 24.5 Å². The fourth-order valence-electron chi connectivity index (χ4n) is 2.62. The molecule has 9 nitrogen and oxygen atoms in total. The predicted molar refractivity (Wildman–Crippen MR) is 90.1 cm³/mol. The number of anilines is 1. The van der Waals surface area contributed by atoms with Crippen molar-refractivity contribution in [2.75, 3.05) is 12.0 Å². The van der Waals surface area contributed by atoms with Crippen molar-refractivity contribution in [1.29, 1.82) is 0 Å². The van der Waals surface area contributed by atoms with E-state index in [1.807, 2.05) is 30.7 Å². The van der Waals surface area contributed by atoms with Crippen LogP contribution in [0, 0.1) is 6.92 Å². The van der Waals surface area contributed by atoms with Crippen LogP contribution >= 0.6 is 0 Å². The third kappa shape index (κ3) is 3.13. The van der Waals surface area contributed by atoms with E-state index in [0.29, 0.717) is 17.9 Å². The Morgan fingerprint density at radius 1 is 1.40 bits per heavy atom. The van der Waals surface area contributed by atoms with Gasteiger partial charge in [-0.2, -0.15) is 0 Å². The second kappa shape index (κ2) is 6.81. The van der Waals surface area contributed by atoms with Crippen LogP contribution in [-0.4, -0.2) is 27.3 Å². The Bertz CT molecular complexity index is 915. The van der Waals surface area contributed by atoms with Crippen molar-refractivity contribution in [3.63, 3.8) is 0 Å². The topological polar surface area (TPSA) is 117 Å². The molecule has 1 aromatic carbocycles. The number of aryl methyl sites for hydroxylation is 1. The van der Waals surface area contributed by atoms with Crippen LogP contribution in [0.4, 0.5) is 6.01 Å². The highest BCUT2D eigenvalue weighted by molar-refractivity contribution is 6.06. The third-order valence-electron chi connectivity index (χ3n) is 3.90. The minimum Gasteiger partial charge on any atom is -0.484 e. The molecular weight excluding hydrogens is 326 g/mol. The molecule has 0 atom stereocenters. The zero-order valence-electron chi connectivity index (χ0n) is 14.2. The largest absolute Gasteiger partial charge is 0.484 e. The molecule has 3 N–H and O–H groups in total. The molecule has 0 saturated carbocycles. The number of carbonyl (C=O) groups is 1. The summed E-state index contributed by atoms with van der Waals surface area (Å²) < 4.78 is 18.0. The van der Waals surface area contributed by atoms with Crippen molar-refractivity contribution in [2.24, 2.45) is 12.9 Å². The molecular formula is C16H19N5O4. The number of hydrogen-bond donors (Lipinski definition) is 2. The van der Waals surface area contributed by atoms with Crippen molar-refractivity contribution >= 4 is 22.9 Å². The van der Waals surface area contributed by atoms with E-state index in [4.69, 9.17) is 19.7 Å². The van der Waals surface area contributed by atoms with Crippen molar-refractivity contribution in [3.8, 4) is 5.75 Å². The highest BCUT2D eigenvalue weighted by Crippen LogP contribution is 2.29. The summed E-state index contributed by atoms with van der Waals surface area (Å²) in [7, 11) is 1.90. The summed E-state index contributed by atoms with van der Waals surface area (Å²) in [5, 5.41) is 8.23. The average molecular weight is 345 g/mol. The third-order valence-corrected chi connectivity index (χ3v) is 3.90. The van der Waals surface area contributed by atoms with Gasteiger partial charge >= 0.3 is 12.0 Å². The Morgan fingerprint density at radius 3 is 2.88 bits per heavy atom. The summed E-state index contributed by atoms with van der Waals surface area (Å²) in [5.74, 6) is 5.69. The zero-order valence-corrected chi connectivity index (χ0v) is 14.2. The highest BCUT2D eigenvalue weighted by Gasteiger charge is 2.20. The molecule has 2 heterocycles. The van der Waals surface area contributed by atoms with Crippen LogP contribution in [-0.2, 0) is 18.4 Å². The number of benzene rings is 1. The number of nitrogens with one attached hydrogen (secondary N) is 1. The number of ether oxygens (including phenoxy) is 2. The van der Waals surface area contributed by atoms with Crippen LogP contribution in [0.1, 0.15) is 28.9 Å². The fraction of sp³-hybridized carbons (Fsp3) is 0.312. The van der Waals surface area contributed by atoms with Crippen molar-refractivity contribution in [3.05, 3.63) is 35.3 Å². The van der Waals surface area contributed by atoms with Gasteiger partial charge in [-0.3, -0.25) is 5.43 Å². The lowest BCUT2D eigenvalue weighted by Gasteiger charge is -2.05. The molecule has 0 bridgehead atoms. The lowest BCUT2D eigenvalue weighted by molar-refractivity contribution is 0.0527. The summed E-state index contributed by atoms with van der Waals surface area (Å²) in [6.45, 7) is 4.06. The maximum absolute atomic E-state index is 12.3. The Hall–Kier alpha value is -3.07. The van der Waals surface area contributed by atoms with Gasteiger partial charge in [0.2, 0.25) is 0 Å². The number of hydrogen-bond acceptors (Lipinski definition) is 8. The Morgan fingerprint density at radius 2 is 2.20 bits per heavy atom. The molecule has 0 unspecified atom stereocenters. The maximum atomic E-state index is 12.3. The number of aromatic nitrogens is 3. The average Bonchev–Trinajstić information content (AvgIpc) is 3.16. The van der Waals surface area contributed by atoms with E-state index in [0.717, 1.165) is 16.6 Å². The first-order valence-electron chi connectivity index (χ1n) is 7.73. The molecule has 0 aliphatic heterocycles. The number of nitrogens with two attached hydrogens (primary N) is 1. The second-order valence-corrected chi connectivity index (χ2v) is 5.35. The van der Waals surface area contributed by atoms with Crippen LogP contribution in [0.15, 0.2) is 22.6 Å². The van der Waals surface area contributed by atoms with Gasteiger partial charge in [-0.15, -0.1) is 5.10 Å². The van der Waals surface area contributed by atoms with E-state index in [1.54, 1.807) is 13.0 Å². The first kappa shape index (κ1) is 16.8. The van der Waals surface area contributed by atoms with Crippen LogP contribution in [0.25, 0.3) is 10.9 Å². The first-order chi connectivity index (χ1) is 12.0. The van der Waals surface area contributed by atoms with Gasteiger partial charge < -0.3 is 18.5 Å². The minimum absolute atomic E-state index is 0.0841. The minimum atomic E-state index is -0.349. The van der Waals surface area contributed by atoms with E-state index < -0.39 is 0 Å². The summed E-state index contributed by atoms with van der Waals surface area (Å²) >= 11 is 0. The van der Waals surface area contributed by atoms with Crippen LogP contribution < -0.4 is 16.0 Å². The molecule has 0 aliphatic rings. The van der Waals surface area contributed by atoms with Crippen molar-refractivity contribution in [2.45, 2.75) is 20.5 Å². The molecule has 0 amide bonds. The quantitative estimate of drug-likeness (QED) is 0.395. The standard InChI is InChI=1S/C16H19N5O4/c1-4-23-15(22)14-9(2)21(3)12-6-5-10(7-11(12)14)24-8-13-19-20-16(18-17)25-13/h5-7H,4,8,17H2,1-3H3,(H,18,20). The molecule has 132 valence electrons. The summed E-state index contributed by atoms with van der Waals surface area (Å²) in [4.78, 5) is 12.3. The van der Waals surface area contributed by atoms with Crippen molar-refractivity contribution < 1.29 is 18.7 Å². The normalized spacial score (nSPS) is 10.9. The molecule has 3 rings (SSSR count). The van der Waals surface area contributed by atoms with Gasteiger partial charge in [0, 0.05) is 23.6 Å². The van der Waals surface area contributed by atoms with Crippen LogP contribution in [0.2, 0.25) is 0 Å². The van der Waals surface area contributed by atoms with Gasteiger partial charge in [-0.25, -0.2) is 10.6 Å². The zero-order chi connectivity index (χ0) is 18.0. The van der Waals surface area contributed by atoms with Gasteiger partial charge in [0.15, 0.2) is 6.61 Å². The second-order valence-electron chi connectivity index (χ2n) is 5.35. The maximum Gasteiger partial charge on any atom is 0.340 e. The number of rotatable bonds is 6. The van der Waals surface area contributed by atoms with E-state index in [1.165, 1.54) is 0 Å². The van der Waals surface area contributed by atoms with E-state index >= 15 is 0 Å². The molecule has 9 heteroatoms. The molecule has 0 aliphatic carbocycles. The predicted octanol–water partition coefficient (Wildman–Crippen LogP) is 1.91. The Kier molecular flexibility index (Phi) is 4.57. The van der Waals surface area contributed by atoms with E-state index in [2.05, 4.69) is 15.6 Å². The van der Waals surface area contributed by atoms with Gasteiger partial charge in [0.25, 0.3) is 5.89 Å². The number of carbonyl (C=O) groups excluding carboxylic acids is 1. The van der Waals surface area contributed by atoms with E-state index in [9.17, 15) is 4.79 Å². The molecule has 0 radical (unpaired) electrons. The molecule has 25 heavy (non-hydrogen) atoms. The summed E-state index contributed by atoms with van der Waals surface area (Å²) in [5.41, 5.74) is 4.55. The number of hydrazine groups is 1. The SMILES string of the molecule is CCOC(=O)c1c(C)n(C)c2ccc(OCc3nnc(NN)o3)cc12. The first-order valence-corrected chi connectivity index (χ1v) is 7.73. The number of nitrogens with zero attached hydrogens (tertiary/aromatic N) is 3. The van der Waals surface area contributed by atoms with Gasteiger partial charge in [0.1, 0.15) is 5.75 Å². The lowest BCUT2D eigenvalue weighted by Crippen LogP contribution is -2.06. The lowest BCUT2D eigenvalue weighted by atomic mass is 10.1. The molecule has 0 saturated heterocycles. The van der Waals surface area contributed by atoms with Crippen LogP contribution in [0.3, 0.4) is 0 Å². The van der Waals surface area contributed by atoms with Crippen LogP contribution in [0.5, 0.6) is 5.75 Å². The number of nitrogen functional groups attached to an aromatic ring is 1.